The van der Waals surface area contributed by atoms with Crippen molar-refractivity contribution in [2.75, 3.05) is 32.8 Å². The van der Waals surface area contributed by atoms with E-state index in [4.69, 9.17) is 0 Å². The summed E-state index contributed by atoms with van der Waals surface area (Å²) in [5.41, 5.74) is 1.02. The number of β-amino-alcohol motifs (C(OH)–C–C–N with tert-alkyl or cyclic N) is 1. The number of aliphatic hydroxyl groups is 1. The molecule has 1 spiro atoms. The molecule has 3 aliphatic heterocycles. The van der Waals surface area contributed by atoms with Crippen molar-refractivity contribution in [2.24, 2.45) is 11.8 Å². The van der Waals surface area contributed by atoms with E-state index in [0.29, 0.717) is 26.2 Å². The molecule has 1 aromatic rings. The molecule has 2 bridgehead atoms. The SMILES string of the molecule is C=CCN(CCCC)C(=O)C1N(CCO)C(=O)[C@@H]2[C@@H](C(=O)N(CC=C)Cc3ccccc3)[C@H]3CCC12S3. The van der Waals surface area contributed by atoms with Crippen molar-refractivity contribution in [3.8, 4) is 0 Å². The smallest absolute Gasteiger partial charge is 0.247 e. The number of carbonyl (C=O) groups is 3. The quantitative estimate of drug-likeness (QED) is 0.401. The normalized spacial score (nSPS) is 27.7. The fraction of sp³-hybridized carbons (Fsp3) is 0.552. The van der Waals surface area contributed by atoms with Crippen molar-refractivity contribution in [1.29, 1.82) is 0 Å². The number of carbonyl (C=O) groups excluding carboxylic acids is 3. The Bertz CT molecular complexity index is 1020. The minimum Gasteiger partial charge on any atom is -0.395 e. The molecule has 37 heavy (non-hydrogen) atoms. The minimum absolute atomic E-state index is 0.000360. The third kappa shape index (κ3) is 4.98. The summed E-state index contributed by atoms with van der Waals surface area (Å²) in [4.78, 5) is 47.2. The van der Waals surface area contributed by atoms with Gasteiger partial charge in [-0.3, -0.25) is 14.4 Å². The Morgan fingerprint density at radius 3 is 2.51 bits per heavy atom. The molecule has 3 fully saturated rings. The Kier molecular flexibility index (Phi) is 8.80. The first-order valence-corrected chi connectivity index (χ1v) is 14.2. The van der Waals surface area contributed by atoms with E-state index in [0.717, 1.165) is 31.2 Å². The number of thioether (sulfide) groups is 1. The van der Waals surface area contributed by atoms with Gasteiger partial charge in [0.05, 0.1) is 23.2 Å². The van der Waals surface area contributed by atoms with Gasteiger partial charge in [0.15, 0.2) is 0 Å². The maximum absolute atomic E-state index is 14.1. The van der Waals surface area contributed by atoms with E-state index in [9.17, 15) is 19.5 Å². The van der Waals surface area contributed by atoms with Gasteiger partial charge in [-0.1, -0.05) is 55.8 Å². The number of unbranched alkanes of at least 4 members (excludes halogenated alkanes) is 1. The number of hydrogen-bond donors (Lipinski definition) is 1. The van der Waals surface area contributed by atoms with Crippen molar-refractivity contribution >= 4 is 29.5 Å². The molecule has 7 nitrogen and oxygen atoms in total. The first-order chi connectivity index (χ1) is 17.9. The second-order valence-corrected chi connectivity index (χ2v) is 11.8. The van der Waals surface area contributed by atoms with Crippen molar-refractivity contribution in [3.05, 3.63) is 61.2 Å². The molecule has 8 heteroatoms. The number of rotatable bonds is 13. The first-order valence-electron chi connectivity index (χ1n) is 13.4. The van der Waals surface area contributed by atoms with Crippen LogP contribution in [0, 0.1) is 11.8 Å². The number of benzene rings is 1. The Labute approximate surface area is 224 Å². The molecule has 1 aromatic carbocycles. The van der Waals surface area contributed by atoms with Crippen LogP contribution in [-0.4, -0.2) is 86.4 Å². The van der Waals surface area contributed by atoms with Gasteiger partial charge in [0.2, 0.25) is 17.7 Å². The van der Waals surface area contributed by atoms with Gasteiger partial charge < -0.3 is 19.8 Å². The molecule has 4 rings (SSSR count). The second kappa shape index (κ2) is 11.9. The van der Waals surface area contributed by atoms with Gasteiger partial charge in [0.1, 0.15) is 6.04 Å². The van der Waals surface area contributed by atoms with Crippen LogP contribution < -0.4 is 0 Å². The molecule has 0 aliphatic carbocycles. The standard InChI is InChI=1S/C29H39N3O4S/c1-4-7-17-30(15-5-2)28(36)25-29-14-13-22(37-29)23(24(29)27(35)32(25)18-19-33)26(34)31(16-6-3)20-21-11-9-8-10-12-21/h5-6,8-12,22-25,33H,2-4,7,13-20H2,1H3/t22-,23+,24+,25?,29?/m1/s1. The lowest BCUT2D eigenvalue weighted by atomic mass is 9.70. The zero-order chi connectivity index (χ0) is 26.6. The van der Waals surface area contributed by atoms with Crippen molar-refractivity contribution < 1.29 is 19.5 Å². The number of aliphatic hydroxyl groups excluding tert-OH is 1. The third-order valence-corrected chi connectivity index (χ3v) is 9.93. The fourth-order valence-electron chi connectivity index (χ4n) is 6.43. The largest absolute Gasteiger partial charge is 0.395 e. The van der Waals surface area contributed by atoms with Gasteiger partial charge in [-0.15, -0.1) is 24.9 Å². The summed E-state index contributed by atoms with van der Waals surface area (Å²) in [5, 5.41) is 9.83. The summed E-state index contributed by atoms with van der Waals surface area (Å²) in [6.07, 6.45) is 6.77. The Hall–Kier alpha value is -2.58. The van der Waals surface area contributed by atoms with E-state index in [-0.39, 0.29) is 36.1 Å². The van der Waals surface area contributed by atoms with Crippen LogP contribution in [-0.2, 0) is 20.9 Å². The lowest BCUT2D eigenvalue weighted by Gasteiger charge is -2.37. The number of amides is 3. The number of hydrogen-bond acceptors (Lipinski definition) is 5. The molecular weight excluding hydrogens is 486 g/mol. The molecule has 3 amide bonds. The number of likely N-dealkylation sites (tertiary alicyclic amines) is 1. The average molecular weight is 526 g/mol. The zero-order valence-electron chi connectivity index (χ0n) is 21.8. The summed E-state index contributed by atoms with van der Waals surface area (Å²) >= 11 is 1.67. The van der Waals surface area contributed by atoms with Gasteiger partial charge in [0, 0.05) is 38.0 Å². The van der Waals surface area contributed by atoms with Gasteiger partial charge in [-0.25, -0.2) is 0 Å². The van der Waals surface area contributed by atoms with Crippen LogP contribution in [0.4, 0.5) is 0 Å². The number of nitrogens with zero attached hydrogens (tertiary/aromatic N) is 3. The van der Waals surface area contributed by atoms with Crippen LogP contribution in [0.1, 0.15) is 38.2 Å². The molecule has 5 atom stereocenters. The van der Waals surface area contributed by atoms with Crippen LogP contribution in [0.15, 0.2) is 55.6 Å². The molecule has 200 valence electrons. The van der Waals surface area contributed by atoms with Gasteiger partial charge in [0.25, 0.3) is 0 Å². The van der Waals surface area contributed by atoms with Crippen LogP contribution in [0.2, 0.25) is 0 Å². The monoisotopic (exact) mass is 525 g/mol. The topological polar surface area (TPSA) is 81.2 Å². The predicted molar refractivity (Wildman–Crippen MR) is 147 cm³/mol. The fourth-order valence-corrected chi connectivity index (χ4v) is 8.64. The molecular formula is C29H39N3O4S. The van der Waals surface area contributed by atoms with Crippen molar-refractivity contribution in [1.82, 2.24) is 14.7 Å². The van der Waals surface area contributed by atoms with Gasteiger partial charge in [-0.2, -0.15) is 0 Å². The average Bonchev–Trinajstić information content (AvgIpc) is 3.54. The molecule has 1 N–H and O–H groups in total. The number of fused-ring (bicyclic) bond motifs is 1. The van der Waals surface area contributed by atoms with E-state index in [1.54, 1.807) is 38.6 Å². The van der Waals surface area contributed by atoms with E-state index in [1.807, 2.05) is 30.3 Å². The van der Waals surface area contributed by atoms with Gasteiger partial charge in [-0.05, 0) is 24.8 Å². The zero-order valence-corrected chi connectivity index (χ0v) is 22.6. The summed E-state index contributed by atoms with van der Waals surface area (Å²) in [6.45, 7) is 11.5. The summed E-state index contributed by atoms with van der Waals surface area (Å²) < 4.78 is -0.646. The summed E-state index contributed by atoms with van der Waals surface area (Å²) in [5.74, 6) is -1.37. The molecule has 3 saturated heterocycles. The highest BCUT2D eigenvalue weighted by Crippen LogP contribution is 2.66. The van der Waals surface area contributed by atoms with Crippen molar-refractivity contribution in [2.45, 2.75) is 55.2 Å². The Balaban J connectivity index is 1.67. The molecule has 3 heterocycles. The molecule has 3 aliphatic rings. The van der Waals surface area contributed by atoms with Gasteiger partial charge >= 0.3 is 0 Å². The van der Waals surface area contributed by atoms with Crippen molar-refractivity contribution in [3.63, 3.8) is 0 Å². The lowest BCUT2D eigenvalue weighted by Crippen LogP contribution is -2.55. The summed E-state index contributed by atoms with van der Waals surface area (Å²) in [6, 6.07) is 9.15. The highest BCUT2D eigenvalue weighted by Gasteiger charge is 2.73. The maximum atomic E-state index is 14.1. The lowest BCUT2D eigenvalue weighted by molar-refractivity contribution is -0.145. The highest BCUT2D eigenvalue weighted by atomic mass is 32.2. The van der Waals surface area contributed by atoms with Crippen LogP contribution in [0.3, 0.4) is 0 Å². The van der Waals surface area contributed by atoms with Crippen LogP contribution in [0.5, 0.6) is 0 Å². The predicted octanol–water partition coefficient (Wildman–Crippen LogP) is 3.10. The molecule has 0 aromatic heterocycles. The van der Waals surface area contributed by atoms with Crippen LogP contribution >= 0.6 is 11.8 Å². The summed E-state index contributed by atoms with van der Waals surface area (Å²) in [7, 11) is 0. The Morgan fingerprint density at radius 1 is 1.16 bits per heavy atom. The van der Waals surface area contributed by atoms with Crippen LogP contribution in [0.25, 0.3) is 0 Å². The first kappa shape index (κ1) is 27.5. The Morgan fingerprint density at radius 2 is 1.86 bits per heavy atom. The second-order valence-electron chi connectivity index (χ2n) is 10.2. The van der Waals surface area contributed by atoms with E-state index >= 15 is 0 Å². The molecule has 0 radical (unpaired) electrons. The molecule has 0 saturated carbocycles. The van der Waals surface area contributed by atoms with E-state index < -0.39 is 22.6 Å². The minimum atomic E-state index is -0.677. The highest BCUT2D eigenvalue weighted by molar-refractivity contribution is 8.02. The van der Waals surface area contributed by atoms with E-state index in [2.05, 4.69) is 20.1 Å². The van der Waals surface area contributed by atoms with E-state index in [1.165, 1.54) is 0 Å². The third-order valence-electron chi connectivity index (χ3n) is 7.98. The molecule has 2 unspecified atom stereocenters. The maximum Gasteiger partial charge on any atom is 0.247 e.